The Morgan fingerprint density at radius 1 is 1.22 bits per heavy atom. The number of piperidine rings is 1. The van der Waals surface area contributed by atoms with E-state index in [2.05, 4.69) is 4.90 Å². The highest BCUT2D eigenvalue weighted by atomic mass is 16.5. The van der Waals surface area contributed by atoms with Crippen LogP contribution in [0.1, 0.15) is 48.4 Å². The molecule has 0 spiro atoms. The Bertz CT molecular complexity index is 687. The molecule has 0 aromatic heterocycles. The number of ether oxygens (including phenoxy) is 1. The van der Waals surface area contributed by atoms with E-state index in [4.69, 9.17) is 4.74 Å². The molecule has 3 rings (SSSR count). The second-order valence-corrected chi connectivity index (χ2v) is 7.85. The fourth-order valence-electron chi connectivity index (χ4n) is 4.58. The van der Waals surface area contributed by atoms with Crippen LogP contribution >= 0.6 is 0 Å². The topological polar surface area (TPSA) is 70.1 Å². The summed E-state index contributed by atoms with van der Waals surface area (Å²) in [5.41, 5.74) is 2.73. The van der Waals surface area contributed by atoms with Gasteiger partial charge in [-0.05, 0) is 68.8 Å². The average molecular weight is 374 g/mol. The molecule has 2 aliphatic heterocycles. The quantitative estimate of drug-likeness (QED) is 0.829. The van der Waals surface area contributed by atoms with Crippen molar-refractivity contribution in [2.24, 2.45) is 5.92 Å². The van der Waals surface area contributed by atoms with Crippen LogP contribution in [0.25, 0.3) is 0 Å². The van der Waals surface area contributed by atoms with Crippen molar-refractivity contribution in [3.63, 3.8) is 0 Å². The molecular weight excluding hydrogens is 344 g/mol. The number of hydrogen-bond donors (Lipinski definition) is 1. The maximum Gasteiger partial charge on any atom is 0.325 e. The summed E-state index contributed by atoms with van der Waals surface area (Å²) >= 11 is 0. The summed E-state index contributed by atoms with van der Waals surface area (Å²) in [5, 5.41) is 9.89. The Hall–Kier alpha value is -2.08. The van der Waals surface area contributed by atoms with Crippen molar-refractivity contribution < 1.29 is 19.4 Å². The van der Waals surface area contributed by atoms with Crippen molar-refractivity contribution in [2.75, 3.05) is 33.3 Å². The van der Waals surface area contributed by atoms with E-state index < -0.39 is 12.0 Å². The lowest BCUT2D eigenvalue weighted by molar-refractivity contribution is -0.144. The Morgan fingerprint density at radius 3 is 2.33 bits per heavy atom. The minimum Gasteiger partial charge on any atom is -0.496 e. The number of carbonyl (C=O) groups is 2. The number of carbonyl (C=O) groups excluding carboxylic acids is 1. The van der Waals surface area contributed by atoms with Crippen molar-refractivity contribution in [2.45, 2.75) is 45.6 Å². The van der Waals surface area contributed by atoms with E-state index in [-0.39, 0.29) is 5.91 Å². The number of aryl methyl sites for hydroxylation is 2. The first-order chi connectivity index (χ1) is 12.9. The molecule has 1 N–H and O–H groups in total. The Kier molecular flexibility index (Phi) is 6.05. The highest BCUT2D eigenvalue weighted by Gasteiger charge is 2.33. The summed E-state index contributed by atoms with van der Waals surface area (Å²) in [6.07, 6.45) is 3.51. The van der Waals surface area contributed by atoms with Gasteiger partial charge in [-0.3, -0.25) is 14.5 Å². The van der Waals surface area contributed by atoms with E-state index in [0.717, 1.165) is 67.9 Å². The number of amides is 1. The fraction of sp³-hybridized carbons (Fsp3) is 0.619. The summed E-state index contributed by atoms with van der Waals surface area (Å²) in [6.45, 7) is 7.09. The summed E-state index contributed by atoms with van der Waals surface area (Å²) in [4.78, 5) is 27.9. The van der Waals surface area contributed by atoms with Crippen LogP contribution in [0.15, 0.2) is 12.1 Å². The van der Waals surface area contributed by atoms with Crippen LogP contribution in [0, 0.1) is 19.8 Å². The monoisotopic (exact) mass is 374 g/mol. The lowest BCUT2D eigenvalue weighted by atomic mass is 9.92. The third-order valence-electron chi connectivity index (χ3n) is 5.90. The molecule has 148 valence electrons. The average Bonchev–Trinajstić information content (AvgIpc) is 3.01. The van der Waals surface area contributed by atoms with Crippen LogP contribution in [0.2, 0.25) is 0 Å². The van der Waals surface area contributed by atoms with Crippen LogP contribution in [0.4, 0.5) is 0 Å². The Labute approximate surface area is 161 Å². The van der Waals surface area contributed by atoms with Gasteiger partial charge < -0.3 is 14.7 Å². The number of likely N-dealkylation sites (tertiary alicyclic amines) is 2. The van der Waals surface area contributed by atoms with Gasteiger partial charge in [0.05, 0.1) is 7.11 Å². The summed E-state index contributed by atoms with van der Waals surface area (Å²) in [7, 11) is 1.64. The molecule has 1 amide bonds. The number of benzene rings is 1. The lowest BCUT2D eigenvalue weighted by Gasteiger charge is -2.37. The van der Waals surface area contributed by atoms with Crippen LogP contribution in [-0.2, 0) is 9.59 Å². The number of hydrogen-bond acceptors (Lipinski definition) is 4. The first-order valence-corrected chi connectivity index (χ1v) is 9.80. The lowest BCUT2D eigenvalue weighted by Crippen LogP contribution is -2.43. The fourth-order valence-corrected chi connectivity index (χ4v) is 4.58. The minimum absolute atomic E-state index is 0.269. The maximum atomic E-state index is 12.1. The van der Waals surface area contributed by atoms with Gasteiger partial charge in [0.15, 0.2) is 0 Å². The Balaban J connectivity index is 1.68. The van der Waals surface area contributed by atoms with Crippen LogP contribution in [0.5, 0.6) is 5.75 Å². The van der Waals surface area contributed by atoms with Gasteiger partial charge in [-0.15, -0.1) is 0 Å². The highest BCUT2D eigenvalue weighted by Crippen LogP contribution is 2.32. The van der Waals surface area contributed by atoms with Crippen molar-refractivity contribution in [3.05, 3.63) is 28.8 Å². The van der Waals surface area contributed by atoms with Gasteiger partial charge in [0.2, 0.25) is 5.91 Å². The van der Waals surface area contributed by atoms with Crippen molar-refractivity contribution in [1.29, 1.82) is 0 Å². The second kappa shape index (κ2) is 8.30. The van der Waals surface area contributed by atoms with E-state index in [1.54, 1.807) is 7.11 Å². The van der Waals surface area contributed by atoms with Gasteiger partial charge in [0.25, 0.3) is 0 Å². The molecule has 0 unspecified atom stereocenters. The largest absolute Gasteiger partial charge is 0.496 e. The molecule has 6 nitrogen and oxygen atoms in total. The third kappa shape index (κ3) is 4.26. The first kappa shape index (κ1) is 19.7. The zero-order valence-corrected chi connectivity index (χ0v) is 16.5. The smallest absolute Gasteiger partial charge is 0.325 e. The van der Waals surface area contributed by atoms with E-state index in [1.807, 2.05) is 30.9 Å². The number of carboxylic acids is 1. The number of aliphatic carboxylic acids is 1. The molecule has 0 aliphatic carbocycles. The van der Waals surface area contributed by atoms with Gasteiger partial charge in [0, 0.05) is 19.5 Å². The van der Waals surface area contributed by atoms with Crippen molar-refractivity contribution in [3.8, 4) is 5.75 Å². The first-order valence-electron chi connectivity index (χ1n) is 9.80. The van der Waals surface area contributed by atoms with Gasteiger partial charge in [-0.2, -0.15) is 0 Å². The normalized spacial score (nSPS) is 20.1. The maximum absolute atomic E-state index is 12.1. The summed E-state index contributed by atoms with van der Waals surface area (Å²) in [6, 6.07) is 3.22. The zero-order chi connectivity index (χ0) is 19.6. The Morgan fingerprint density at radius 2 is 1.85 bits per heavy atom. The van der Waals surface area contributed by atoms with Crippen molar-refractivity contribution in [1.82, 2.24) is 9.80 Å². The highest BCUT2D eigenvalue weighted by molar-refractivity contribution is 5.78. The van der Waals surface area contributed by atoms with E-state index >= 15 is 0 Å². The molecule has 1 aromatic carbocycles. The van der Waals surface area contributed by atoms with Crippen molar-refractivity contribution >= 4 is 11.9 Å². The van der Waals surface area contributed by atoms with E-state index in [9.17, 15) is 14.7 Å². The van der Waals surface area contributed by atoms with Crippen LogP contribution < -0.4 is 4.74 Å². The predicted molar refractivity (Wildman–Crippen MR) is 103 cm³/mol. The third-order valence-corrected chi connectivity index (χ3v) is 5.90. The molecule has 2 fully saturated rings. The van der Waals surface area contributed by atoms with Gasteiger partial charge in [-0.1, -0.05) is 12.1 Å². The number of methoxy groups -OCH3 is 1. The molecule has 1 atom stereocenters. The van der Waals surface area contributed by atoms with Gasteiger partial charge >= 0.3 is 5.97 Å². The SMILES string of the molecule is COc1c(C)cc([C@H](C(=O)O)N2CCC(CN3CCCC3=O)CC2)cc1C. The molecule has 27 heavy (non-hydrogen) atoms. The van der Waals surface area contributed by atoms with E-state index in [1.165, 1.54) is 0 Å². The molecule has 0 saturated carbocycles. The van der Waals surface area contributed by atoms with Gasteiger partial charge in [0.1, 0.15) is 11.8 Å². The summed E-state index contributed by atoms with van der Waals surface area (Å²) in [5.74, 6) is 0.742. The van der Waals surface area contributed by atoms with E-state index in [0.29, 0.717) is 12.3 Å². The molecule has 1 aromatic rings. The number of rotatable bonds is 6. The molecular formula is C21H30N2O4. The molecule has 0 radical (unpaired) electrons. The predicted octanol–water partition coefficient (Wildman–Crippen LogP) is 2.77. The zero-order valence-electron chi connectivity index (χ0n) is 16.5. The van der Waals surface area contributed by atoms with Crippen LogP contribution in [0.3, 0.4) is 0 Å². The molecule has 0 bridgehead atoms. The summed E-state index contributed by atoms with van der Waals surface area (Å²) < 4.78 is 5.41. The minimum atomic E-state index is -0.813. The van der Waals surface area contributed by atoms with Gasteiger partial charge in [-0.25, -0.2) is 0 Å². The van der Waals surface area contributed by atoms with Crippen LogP contribution in [-0.4, -0.2) is 60.1 Å². The standard InChI is InChI=1S/C21H30N2O4/c1-14-11-17(12-15(2)20(14)27-3)19(21(25)26)22-9-6-16(7-10-22)13-23-8-4-5-18(23)24/h11-12,16,19H,4-10,13H2,1-3H3,(H,25,26)/t19-/m1/s1. The molecule has 2 saturated heterocycles. The molecule has 6 heteroatoms. The molecule has 2 heterocycles. The second-order valence-electron chi connectivity index (χ2n) is 7.85. The number of nitrogens with zero attached hydrogens (tertiary/aromatic N) is 2. The number of carboxylic acid groups (broad SMARTS) is 1. The molecule has 2 aliphatic rings.